The molecule has 5 nitrogen and oxygen atoms in total. The van der Waals surface area contributed by atoms with Crippen LogP contribution in [0.4, 0.5) is 0 Å². The molecule has 2 atom stereocenters. The van der Waals surface area contributed by atoms with Crippen LogP contribution < -0.4 is 0 Å². The third-order valence-electron chi connectivity index (χ3n) is 3.09. The van der Waals surface area contributed by atoms with Crippen LogP contribution in [0.3, 0.4) is 0 Å². The van der Waals surface area contributed by atoms with E-state index in [2.05, 4.69) is 0 Å². The Morgan fingerprint density at radius 2 is 2.29 bits per heavy atom. The molecule has 0 spiro atoms. The van der Waals surface area contributed by atoms with Gasteiger partial charge in [0.1, 0.15) is 0 Å². The minimum Gasteiger partial charge on any atom is -0.467 e. The highest BCUT2D eigenvalue weighted by Crippen LogP contribution is 2.28. The molecule has 2 saturated heterocycles. The first-order valence-electron chi connectivity index (χ1n) is 5.81. The summed E-state index contributed by atoms with van der Waals surface area (Å²) in [7, 11) is 1.34. The van der Waals surface area contributed by atoms with Gasteiger partial charge in [-0.15, -0.1) is 11.8 Å². The average Bonchev–Trinajstić information content (AvgIpc) is 2.91. The summed E-state index contributed by atoms with van der Waals surface area (Å²) in [6.45, 7) is 1.22. The van der Waals surface area contributed by atoms with E-state index in [1.807, 2.05) is 0 Å². The summed E-state index contributed by atoms with van der Waals surface area (Å²) >= 11 is 1.68. The fraction of sp³-hybridized carbons (Fsp3) is 0.818. The Hall–Kier alpha value is -0.750. The molecule has 0 N–H and O–H groups in total. The normalized spacial score (nSPS) is 29.1. The van der Waals surface area contributed by atoms with Gasteiger partial charge in [0.2, 0.25) is 5.91 Å². The van der Waals surface area contributed by atoms with Crippen molar-refractivity contribution < 1.29 is 19.1 Å². The Kier molecular flexibility index (Phi) is 4.28. The highest BCUT2D eigenvalue weighted by atomic mass is 32.2. The molecule has 1 amide bonds. The van der Waals surface area contributed by atoms with Gasteiger partial charge in [-0.2, -0.15) is 0 Å². The van der Waals surface area contributed by atoms with Crippen LogP contribution in [0.25, 0.3) is 0 Å². The number of carbonyl (C=O) groups excluding carboxylic acids is 2. The van der Waals surface area contributed by atoms with Crippen molar-refractivity contribution >= 4 is 23.6 Å². The lowest BCUT2D eigenvalue weighted by Gasteiger charge is -2.35. The van der Waals surface area contributed by atoms with E-state index in [0.29, 0.717) is 13.2 Å². The summed E-state index contributed by atoms with van der Waals surface area (Å²) in [5, 5.41) is 0.0141. The number of esters is 1. The van der Waals surface area contributed by atoms with Gasteiger partial charge in [-0.25, -0.2) is 4.79 Å². The topological polar surface area (TPSA) is 55.8 Å². The zero-order valence-corrected chi connectivity index (χ0v) is 10.7. The maximum Gasteiger partial charge on any atom is 0.331 e. The zero-order valence-electron chi connectivity index (χ0n) is 9.89. The van der Waals surface area contributed by atoms with Crippen molar-refractivity contribution in [3.8, 4) is 0 Å². The van der Waals surface area contributed by atoms with Crippen molar-refractivity contribution in [1.82, 2.24) is 4.90 Å². The predicted octanol–water partition coefficient (Wildman–Crippen LogP) is 0.282. The number of thioether (sulfide) groups is 1. The van der Waals surface area contributed by atoms with Crippen LogP contribution >= 0.6 is 11.8 Å². The van der Waals surface area contributed by atoms with Crippen molar-refractivity contribution in [1.29, 1.82) is 0 Å². The Morgan fingerprint density at radius 1 is 1.47 bits per heavy atom. The van der Waals surface area contributed by atoms with Crippen LogP contribution in [0.2, 0.25) is 0 Å². The van der Waals surface area contributed by atoms with Gasteiger partial charge in [0.25, 0.3) is 0 Å². The lowest BCUT2D eigenvalue weighted by molar-refractivity contribution is -0.160. The second kappa shape index (κ2) is 5.73. The molecule has 2 aliphatic rings. The van der Waals surface area contributed by atoms with Crippen molar-refractivity contribution in [2.75, 3.05) is 32.6 Å². The number of hydrogen-bond acceptors (Lipinski definition) is 5. The molecule has 17 heavy (non-hydrogen) atoms. The monoisotopic (exact) mass is 259 g/mol. The molecule has 2 rings (SSSR count). The Bertz CT molecular complexity index is 304. The summed E-state index contributed by atoms with van der Waals surface area (Å²) < 4.78 is 9.96. The van der Waals surface area contributed by atoms with Crippen LogP contribution in [0.15, 0.2) is 0 Å². The number of carbonyl (C=O) groups is 2. The van der Waals surface area contributed by atoms with Gasteiger partial charge in [-0.1, -0.05) is 0 Å². The first kappa shape index (κ1) is 12.7. The summed E-state index contributed by atoms with van der Waals surface area (Å²) in [6.07, 6.45) is 1.99. The summed E-state index contributed by atoms with van der Waals surface area (Å²) in [6, 6.07) is -0.567. The summed E-state index contributed by atoms with van der Waals surface area (Å²) in [5.41, 5.74) is 0. The van der Waals surface area contributed by atoms with Gasteiger partial charge in [0, 0.05) is 6.54 Å². The Morgan fingerprint density at radius 3 is 2.94 bits per heavy atom. The Balaban J connectivity index is 2.04. The molecule has 0 saturated carbocycles. The largest absolute Gasteiger partial charge is 0.467 e. The molecule has 96 valence electrons. The molecule has 0 aromatic carbocycles. The van der Waals surface area contributed by atoms with E-state index < -0.39 is 6.04 Å². The van der Waals surface area contributed by atoms with Crippen molar-refractivity contribution in [2.45, 2.75) is 24.1 Å². The van der Waals surface area contributed by atoms with E-state index in [-0.39, 0.29) is 23.7 Å². The highest BCUT2D eigenvalue weighted by molar-refractivity contribution is 8.00. The number of methoxy groups -OCH3 is 1. The lowest BCUT2D eigenvalue weighted by Crippen LogP contribution is -2.55. The van der Waals surface area contributed by atoms with Gasteiger partial charge in [0.15, 0.2) is 6.04 Å². The second-order valence-corrected chi connectivity index (χ2v) is 5.46. The molecule has 0 bridgehead atoms. The number of amides is 1. The minimum absolute atomic E-state index is 0.0141. The third-order valence-corrected chi connectivity index (χ3v) is 4.45. The molecule has 2 heterocycles. The van der Waals surface area contributed by atoms with Gasteiger partial charge >= 0.3 is 5.97 Å². The number of ether oxygens (including phenoxy) is 2. The van der Waals surface area contributed by atoms with Crippen LogP contribution in [-0.4, -0.2) is 60.7 Å². The van der Waals surface area contributed by atoms with E-state index in [0.717, 1.165) is 18.6 Å². The van der Waals surface area contributed by atoms with E-state index >= 15 is 0 Å². The molecule has 0 aromatic heterocycles. The molecule has 2 unspecified atom stereocenters. The van der Waals surface area contributed by atoms with Crippen LogP contribution in [0.5, 0.6) is 0 Å². The first-order valence-corrected chi connectivity index (χ1v) is 6.86. The van der Waals surface area contributed by atoms with Gasteiger partial charge < -0.3 is 14.4 Å². The number of rotatable bonds is 2. The van der Waals surface area contributed by atoms with E-state index in [1.54, 1.807) is 16.7 Å². The predicted molar refractivity (Wildman–Crippen MR) is 63.8 cm³/mol. The fourth-order valence-corrected chi connectivity index (χ4v) is 3.39. The second-order valence-electron chi connectivity index (χ2n) is 4.15. The van der Waals surface area contributed by atoms with Crippen LogP contribution in [0.1, 0.15) is 12.8 Å². The van der Waals surface area contributed by atoms with Crippen LogP contribution in [-0.2, 0) is 19.1 Å². The quantitative estimate of drug-likeness (QED) is 0.667. The molecule has 0 aromatic rings. The number of hydrogen-bond donors (Lipinski definition) is 0. The van der Waals surface area contributed by atoms with E-state index in [4.69, 9.17) is 9.47 Å². The zero-order chi connectivity index (χ0) is 12.3. The maximum absolute atomic E-state index is 12.3. The molecule has 0 radical (unpaired) electrons. The number of nitrogens with zero attached hydrogens (tertiary/aromatic N) is 1. The van der Waals surface area contributed by atoms with Crippen molar-refractivity contribution in [2.24, 2.45) is 0 Å². The SMILES string of the molecule is COC(=O)C1COCCN1C(=O)C1CCCS1. The lowest BCUT2D eigenvalue weighted by atomic mass is 10.1. The molecule has 6 heteroatoms. The van der Waals surface area contributed by atoms with Gasteiger partial charge in [-0.3, -0.25) is 4.79 Å². The van der Waals surface area contributed by atoms with Gasteiger partial charge in [0.05, 0.1) is 25.6 Å². The first-order chi connectivity index (χ1) is 8.24. The Labute approximate surface area is 105 Å². The number of morpholine rings is 1. The highest BCUT2D eigenvalue weighted by Gasteiger charge is 2.37. The van der Waals surface area contributed by atoms with Crippen molar-refractivity contribution in [3.05, 3.63) is 0 Å². The van der Waals surface area contributed by atoms with Crippen LogP contribution in [0, 0.1) is 0 Å². The molecule has 0 aliphatic carbocycles. The summed E-state index contributed by atoms with van der Waals surface area (Å²) in [4.78, 5) is 25.5. The summed E-state index contributed by atoms with van der Waals surface area (Å²) in [5.74, 6) is 0.705. The third kappa shape index (κ3) is 2.74. The maximum atomic E-state index is 12.3. The molecular weight excluding hydrogens is 242 g/mol. The van der Waals surface area contributed by atoms with Crippen molar-refractivity contribution in [3.63, 3.8) is 0 Å². The average molecular weight is 259 g/mol. The molecular formula is C11H17NO4S. The standard InChI is InChI=1S/C11H17NO4S/c1-15-11(14)8-7-16-5-4-12(8)10(13)9-3-2-6-17-9/h8-9H,2-7H2,1H3. The molecule has 2 aliphatic heterocycles. The molecule has 2 fully saturated rings. The van der Waals surface area contributed by atoms with E-state index in [9.17, 15) is 9.59 Å². The minimum atomic E-state index is -0.567. The fourth-order valence-electron chi connectivity index (χ4n) is 2.16. The smallest absolute Gasteiger partial charge is 0.331 e. The van der Waals surface area contributed by atoms with E-state index in [1.165, 1.54) is 7.11 Å². The van der Waals surface area contributed by atoms with Gasteiger partial charge in [-0.05, 0) is 18.6 Å².